The number of rotatable bonds is 7. The van der Waals surface area contributed by atoms with E-state index in [9.17, 15) is 14.7 Å². The molecular weight excluding hydrogens is 268 g/mol. The van der Waals surface area contributed by atoms with Crippen LogP contribution in [0.2, 0.25) is 0 Å². The summed E-state index contributed by atoms with van der Waals surface area (Å²) in [4.78, 5) is 26.0. The Hall–Kier alpha value is -1.10. The summed E-state index contributed by atoms with van der Waals surface area (Å²) in [5, 5.41) is 12.3. The minimum absolute atomic E-state index is 0.0746. The molecule has 0 heterocycles. The van der Waals surface area contributed by atoms with Crippen LogP contribution in [0.3, 0.4) is 0 Å². The summed E-state index contributed by atoms with van der Waals surface area (Å²) in [6, 6.07) is 0.965. The molecule has 5 heteroatoms. The average molecular weight is 296 g/mol. The zero-order chi connectivity index (χ0) is 15.6. The molecule has 1 amide bonds. The fourth-order valence-electron chi connectivity index (χ4n) is 3.40. The van der Waals surface area contributed by atoms with E-state index in [1.807, 2.05) is 0 Å². The van der Waals surface area contributed by atoms with Gasteiger partial charge in [0.15, 0.2) is 0 Å². The Balaban J connectivity index is 1.84. The first-order chi connectivity index (χ1) is 9.93. The third-order valence-electron chi connectivity index (χ3n) is 5.28. The molecule has 2 fully saturated rings. The largest absolute Gasteiger partial charge is 0.481 e. The fraction of sp³-hybridized carbons (Fsp3) is 0.875. The van der Waals surface area contributed by atoms with Crippen molar-refractivity contribution in [2.45, 2.75) is 58.0 Å². The first-order valence-corrected chi connectivity index (χ1v) is 8.16. The second-order valence-electron chi connectivity index (χ2n) is 6.79. The second kappa shape index (κ2) is 6.77. The van der Waals surface area contributed by atoms with Gasteiger partial charge in [-0.05, 0) is 45.6 Å². The highest BCUT2D eigenvalue weighted by molar-refractivity contribution is 5.85. The molecule has 0 aromatic rings. The summed E-state index contributed by atoms with van der Waals surface area (Å²) >= 11 is 0. The minimum Gasteiger partial charge on any atom is -0.481 e. The lowest BCUT2D eigenvalue weighted by molar-refractivity contribution is -0.146. The van der Waals surface area contributed by atoms with E-state index in [0.29, 0.717) is 37.4 Å². The molecule has 0 saturated heterocycles. The SMILES string of the molecule is CCC1C[C@H](C(=O)NCC(C)N(C)C2CC2)[C@H](C(=O)O)C1. The van der Waals surface area contributed by atoms with E-state index >= 15 is 0 Å². The van der Waals surface area contributed by atoms with Gasteiger partial charge < -0.3 is 10.4 Å². The van der Waals surface area contributed by atoms with Gasteiger partial charge in [-0.1, -0.05) is 13.3 Å². The molecule has 5 nitrogen and oxygen atoms in total. The second-order valence-corrected chi connectivity index (χ2v) is 6.79. The van der Waals surface area contributed by atoms with E-state index < -0.39 is 11.9 Å². The maximum atomic E-state index is 12.3. The predicted molar refractivity (Wildman–Crippen MR) is 80.9 cm³/mol. The Labute approximate surface area is 127 Å². The van der Waals surface area contributed by atoms with Gasteiger partial charge in [0.05, 0.1) is 11.8 Å². The number of hydrogen-bond acceptors (Lipinski definition) is 3. The number of carbonyl (C=O) groups is 2. The molecule has 2 N–H and O–H groups in total. The van der Waals surface area contributed by atoms with Gasteiger partial charge in [0, 0.05) is 18.6 Å². The molecule has 0 spiro atoms. The number of aliphatic carboxylic acids is 1. The molecule has 0 aromatic heterocycles. The smallest absolute Gasteiger partial charge is 0.307 e. The van der Waals surface area contributed by atoms with Crippen molar-refractivity contribution in [1.82, 2.24) is 10.2 Å². The first kappa shape index (κ1) is 16.3. The van der Waals surface area contributed by atoms with Crippen molar-refractivity contribution in [3.8, 4) is 0 Å². The highest BCUT2D eigenvalue weighted by Crippen LogP contribution is 2.38. The van der Waals surface area contributed by atoms with Gasteiger partial charge in [-0.2, -0.15) is 0 Å². The van der Waals surface area contributed by atoms with Crippen molar-refractivity contribution in [2.24, 2.45) is 17.8 Å². The lowest BCUT2D eigenvalue weighted by Gasteiger charge is -2.25. The Morgan fingerprint density at radius 3 is 2.43 bits per heavy atom. The van der Waals surface area contributed by atoms with Crippen molar-refractivity contribution >= 4 is 11.9 Å². The maximum Gasteiger partial charge on any atom is 0.307 e. The Kier molecular flexibility index (Phi) is 5.25. The van der Waals surface area contributed by atoms with E-state index in [2.05, 4.69) is 31.1 Å². The lowest BCUT2D eigenvalue weighted by Crippen LogP contribution is -2.44. The highest BCUT2D eigenvalue weighted by Gasteiger charge is 2.42. The van der Waals surface area contributed by atoms with Crippen LogP contribution in [0.4, 0.5) is 0 Å². The third kappa shape index (κ3) is 3.96. The molecule has 4 atom stereocenters. The maximum absolute atomic E-state index is 12.3. The summed E-state index contributed by atoms with van der Waals surface area (Å²) < 4.78 is 0. The molecular formula is C16H28N2O3. The summed E-state index contributed by atoms with van der Waals surface area (Å²) in [6.07, 6.45) is 4.80. The van der Waals surface area contributed by atoms with Crippen LogP contribution in [0.25, 0.3) is 0 Å². The van der Waals surface area contributed by atoms with Crippen LogP contribution in [-0.2, 0) is 9.59 Å². The summed E-state index contributed by atoms with van der Waals surface area (Å²) in [5.41, 5.74) is 0. The number of carbonyl (C=O) groups excluding carboxylic acids is 1. The van der Waals surface area contributed by atoms with E-state index in [1.54, 1.807) is 0 Å². The first-order valence-electron chi connectivity index (χ1n) is 8.16. The van der Waals surface area contributed by atoms with Gasteiger partial charge in [-0.25, -0.2) is 0 Å². The van der Waals surface area contributed by atoms with Gasteiger partial charge in [-0.3, -0.25) is 14.5 Å². The van der Waals surface area contributed by atoms with Crippen LogP contribution in [0, 0.1) is 17.8 Å². The van der Waals surface area contributed by atoms with E-state index in [0.717, 1.165) is 6.42 Å². The Morgan fingerprint density at radius 2 is 1.90 bits per heavy atom. The topological polar surface area (TPSA) is 69.6 Å². The number of nitrogens with zero attached hydrogens (tertiary/aromatic N) is 1. The van der Waals surface area contributed by atoms with Gasteiger partial charge >= 0.3 is 5.97 Å². The molecule has 0 aliphatic heterocycles. The number of nitrogens with one attached hydrogen (secondary N) is 1. The van der Waals surface area contributed by atoms with Crippen LogP contribution < -0.4 is 5.32 Å². The van der Waals surface area contributed by atoms with Crippen molar-refractivity contribution in [2.75, 3.05) is 13.6 Å². The Morgan fingerprint density at radius 1 is 1.29 bits per heavy atom. The molecule has 2 rings (SSSR count). The summed E-state index contributed by atoms with van der Waals surface area (Å²) in [7, 11) is 2.09. The van der Waals surface area contributed by atoms with Crippen LogP contribution in [-0.4, -0.2) is 47.6 Å². The molecule has 2 saturated carbocycles. The number of likely N-dealkylation sites (N-methyl/N-ethyl adjacent to an activating group) is 1. The van der Waals surface area contributed by atoms with Crippen LogP contribution in [0.15, 0.2) is 0 Å². The van der Waals surface area contributed by atoms with Gasteiger partial charge in [0.25, 0.3) is 0 Å². The van der Waals surface area contributed by atoms with E-state index in [-0.39, 0.29) is 11.8 Å². The van der Waals surface area contributed by atoms with Gasteiger partial charge in [-0.15, -0.1) is 0 Å². The molecule has 0 aromatic carbocycles. The van der Waals surface area contributed by atoms with Crippen LogP contribution >= 0.6 is 0 Å². The van der Waals surface area contributed by atoms with Gasteiger partial charge in [0.2, 0.25) is 5.91 Å². The molecule has 2 aliphatic rings. The monoisotopic (exact) mass is 296 g/mol. The number of carboxylic acids is 1. The summed E-state index contributed by atoms with van der Waals surface area (Å²) in [6.45, 7) is 4.78. The minimum atomic E-state index is -0.825. The number of carboxylic acid groups (broad SMARTS) is 1. The molecule has 2 unspecified atom stereocenters. The quantitative estimate of drug-likeness (QED) is 0.750. The summed E-state index contributed by atoms with van der Waals surface area (Å²) in [5.74, 6) is -1.39. The molecule has 21 heavy (non-hydrogen) atoms. The third-order valence-corrected chi connectivity index (χ3v) is 5.28. The van der Waals surface area contributed by atoms with Crippen molar-refractivity contribution in [1.29, 1.82) is 0 Å². The normalized spacial score (nSPS) is 30.4. The fourth-order valence-corrected chi connectivity index (χ4v) is 3.40. The Bertz CT molecular complexity index is 395. The van der Waals surface area contributed by atoms with Crippen LogP contribution in [0.5, 0.6) is 0 Å². The average Bonchev–Trinajstić information content (AvgIpc) is 3.21. The molecule has 120 valence electrons. The molecule has 2 aliphatic carbocycles. The van der Waals surface area contributed by atoms with E-state index in [1.165, 1.54) is 12.8 Å². The van der Waals surface area contributed by atoms with E-state index in [4.69, 9.17) is 0 Å². The van der Waals surface area contributed by atoms with Crippen LogP contribution in [0.1, 0.15) is 46.0 Å². The van der Waals surface area contributed by atoms with Gasteiger partial charge in [0.1, 0.15) is 0 Å². The zero-order valence-electron chi connectivity index (χ0n) is 13.3. The van der Waals surface area contributed by atoms with Crippen molar-refractivity contribution in [3.05, 3.63) is 0 Å². The standard InChI is InChI=1S/C16H28N2O3/c1-4-11-7-13(14(8-11)16(20)21)15(19)17-9-10(2)18(3)12-5-6-12/h10-14H,4-9H2,1-3H3,(H,17,19)(H,20,21)/t10?,11?,13-,14+/m0/s1. The van der Waals surface area contributed by atoms with Crippen molar-refractivity contribution < 1.29 is 14.7 Å². The van der Waals surface area contributed by atoms with Crippen molar-refractivity contribution in [3.63, 3.8) is 0 Å². The molecule has 0 radical (unpaired) electrons. The number of amides is 1. The lowest BCUT2D eigenvalue weighted by atomic mass is 9.95. The molecule has 0 bridgehead atoms. The predicted octanol–water partition coefficient (Wildman–Crippen LogP) is 1.72. The number of hydrogen-bond donors (Lipinski definition) is 2. The highest BCUT2D eigenvalue weighted by atomic mass is 16.4. The zero-order valence-corrected chi connectivity index (χ0v) is 13.3.